The van der Waals surface area contributed by atoms with Crippen molar-refractivity contribution in [1.29, 1.82) is 0 Å². The first-order valence-corrected chi connectivity index (χ1v) is 13.0. The number of aromatic nitrogens is 4. The van der Waals surface area contributed by atoms with Crippen molar-refractivity contribution in [3.05, 3.63) is 45.7 Å². The number of benzene rings is 1. The molecular formula is C25H33Cl2N7O. The molecule has 2 aliphatic heterocycles. The SMILES string of the molecule is C1CCNCC1.Cc1nn([C@H](C)c2ccc(Cl)cc2Cl)c2nc(N3CCN(C=O)[C@@H](C)C3)cnc12. The van der Waals surface area contributed by atoms with E-state index in [9.17, 15) is 4.79 Å². The molecule has 1 N–H and O–H groups in total. The standard InChI is InChI=1S/C20H22Cl2N6O.C5H11N/c1-12-10-26(6-7-27(12)11-29)18-9-23-19-13(2)25-28(20(19)24-18)14(3)16-5-4-15(21)8-17(16)22;1-2-4-6-5-3-1/h4-5,8-9,11-12,14H,6-7,10H2,1-3H3;6H,1-5H2/t12-,14+;/m0./s1. The summed E-state index contributed by atoms with van der Waals surface area (Å²) in [6.45, 7) is 10.6. The summed E-state index contributed by atoms with van der Waals surface area (Å²) in [6.07, 6.45) is 6.91. The molecule has 0 unspecified atom stereocenters. The van der Waals surface area contributed by atoms with Gasteiger partial charge in [0.05, 0.1) is 17.9 Å². The van der Waals surface area contributed by atoms with Crippen LogP contribution in [0, 0.1) is 6.92 Å². The van der Waals surface area contributed by atoms with E-state index in [4.69, 9.17) is 28.2 Å². The molecule has 2 aliphatic rings. The van der Waals surface area contributed by atoms with Crippen molar-refractivity contribution in [2.75, 3.05) is 37.6 Å². The zero-order valence-corrected chi connectivity index (χ0v) is 22.1. The number of amides is 1. The van der Waals surface area contributed by atoms with Gasteiger partial charge in [0.1, 0.15) is 11.3 Å². The molecule has 4 heterocycles. The number of rotatable bonds is 4. The largest absolute Gasteiger partial charge is 0.351 e. The Bertz CT molecular complexity index is 1150. The minimum atomic E-state index is -0.133. The fourth-order valence-corrected chi connectivity index (χ4v) is 5.14. The third-order valence-corrected chi connectivity index (χ3v) is 7.25. The van der Waals surface area contributed by atoms with E-state index in [0.29, 0.717) is 28.8 Å². The number of fused-ring (bicyclic) bond motifs is 1. The van der Waals surface area contributed by atoms with E-state index in [1.807, 2.05) is 42.5 Å². The third-order valence-electron chi connectivity index (χ3n) is 6.68. The smallest absolute Gasteiger partial charge is 0.210 e. The first-order chi connectivity index (χ1) is 16.9. The Kier molecular flexibility index (Phi) is 8.46. The summed E-state index contributed by atoms with van der Waals surface area (Å²) in [4.78, 5) is 24.6. The van der Waals surface area contributed by atoms with E-state index in [-0.39, 0.29) is 12.1 Å². The van der Waals surface area contributed by atoms with Gasteiger partial charge in [0, 0.05) is 35.7 Å². The number of aryl methyl sites for hydroxylation is 1. The van der Waals surface area contributed by atoms with Crippen molar-refractivity contribution in [1.82, 2.24) is 30.0 Å². The Morgan fingerprint density at radius 2 is 1.94 bits per heavy atom. The second-order valence-electron chi connectivity index (χ2n) is 9.22. The maximum Gasteiger partial charge on any atom is 0.210 e. The topological polar surface area (TPSA) is 79.2 Å². The van der Waals surface area contributed by atoms with Gasteiger partial charge in [-0.3, -0.25) is 4.79 Å². The normalized spacial score (nSPS) is 19.3. The summed E-state index contributed by atoms with van der Waals surface area (Å²) >= 11 is 12.5. The Morgan fingerprint density at radius 3 is 2.54 bits per heavy atom. The van der Waals surface area contributed by atoms with Gasteiger partial charge < -0.3 is 15.1 Å². The van der Waals surface area contributed by atoms with E-state index < -0.39 is 0 Å². The van der Waals surface area contributed by atoms with E-state index in [1.54, 1.807) is 12.3 Å². The first-order valence-electron chi connectivity index (χ1n) is 12.2. The van der Waals surface area contributed by atoms with Gasteiger partial charge in [-0.2, -0.15) is 5.10 Å². The Labute approximate surface area is 216 Å². The summed E-state index contributed by atoms with van der Waals surface area (Å²) in [6, 6.07) is 5.46. The lowest BCUT2D eigenvalue weighted by Gasteiger charge is -2.38. The summed E-state index contributed by atoms with van der Waals surface area (Å²) in [7, 11) is 0. The molecule has 188 valence electrons. The van der Waals surface area contributed by atoms with E-state index in [2.05, 4.69) is 20.3 Å². The number of nitrogens with one attached hydrogen (secondary N) is 1. The second-order valence-corrected chi connectivity index (χ2v) is 10.1. The number of carbonyl (C=O) groups excluding carboxylic acids is 1. The van der Waals surface area contributed by atoms with Gasteiger partial charge in [-0.05, 0) is 64.4 Å². The monoisotopic (exact) mass is 517 g/mol. The molecule has 10 heteroatoms. The lowest BCUT2D eigenvalue weighted by molar-refractivity contribution is -0.120. The number of halogens is 2. The predicted octanol–water partition coefficient (Wildman–Crippen LogP) is 4.48. The number of piperidine rings is 1. The maximum atomic E-state index is 11.1. The fraction of sp³-hybridized carbons (Fsp3) is 0.520. The van der Waals surface area contributed by atoms with E-state index in [0.717, 1.165) is 35.5 Å². The van der Waals surface area contributed by atoms with Gasteiger partial charge in [-0.15, -0.1) is 0 Å². The number of hydrogen-bond donors (Lipinski definition) is 1. The lowest BCUT2D eigenvalue weighted by Crippen LogP contribution is -2.51. The molecule has 35 heavy (non-hydrogen) atoms. The average molecular weight is 518 g/mol. The van der Waals surface area contributed by atoms with Crippen molar-refractivity contribution >= 4 is 46.6 Å². The molecular weight excluding hydrogens is 485 g/mol. The second kappa shape index (κ2) is 11.5. The molecule has 1 aromatic carbocycles. The van der Waals surface area contributed by atoms with Crippen molar-refractivity contribution in [3.8, 4) is 0 Å². The summed E-state index contributed by atoms with van der Waals surface area (Å²) in [5.74, 6) is 0.783. The Morgan fingerprint density at radius 1 is 1.17 bits per heavy atom. The Hall–Kier alpha value is -2.42. The van der Waals surface area contributed by atoms with Gasteiger partial charge in [0.25, 0.3) is 0 Å². The number of anilines is 1. The van der Waals surface area contributed by atoms with Gasteiger partial charge >= 0.3 is 0 Å². The van der Waals surface area contributed by atoms with Gasteiger partial charge in [-0.1, -0.05) is 35.7 Å². The first kappa shape index (κ1) is 25.7. The van der Waals surface area contributed by atoms with Crippen LogP contribution in [0.15, 0.2) is 24.4 Å². The van der Waals surface area contributed by atoms with E-state index in [1.165, 1.54) is 32.4 Å². The highest BCUT2D eigenvalue weighted by molar-refractivity contribution is 6.35. The predicted molar refractivity (Wildman–Crippen MR) is 142 cm³/mol. The molecule has 2 aromatic heterocycles. The van der Waals surface area contributed by atoms with Crippen molar-refractivity contribution in [2.45, 2.75) is 52.1 Å². The highest BCUT2D eigenvalue weighted by Gasteiger charge is 2.25. The third kappa shape index (κ3) is 5.88. The molecule has 0 spiro atoms. The van der Waals surface area contributed by atoms with E-state index >= 15 is 0 Å². The van der Waals surface area contributed by atoms with Crippen LogP contribution in [0.4, 0.5) is 5.82 Å². The minimum absolute atomic E-state index is 0.122. The lowest BCUT2D eigenvalue weighted by atomic mass is 10.1. The number of nitrogens with zero attached hydrogens (tertiary/aromatic N) is 6. The highest BCUT2D eigenvalue weighted by atomic mass is 35.5. The van der Waals surface area contributed by atoms with Crippen LogP contribution in [-0.4, -0.2) is 69.8 Å². The van der Waals surface area contributed by atoms with Crippen molar-refractivity contribution < 1.29 is 4.79 Å². The molecule has 3 aromatic rings. The quantitative estimate of drug-likeness (QED) is 0.514. The van der Waals surface area contributed by atoms with Crippen LogP contribution in [0.2, 0.25) is 10.0 Å². The zero-order chi connectivity index (χ0) is 24.9. The molecule has 0 bridgehead atoms. The van der Waals surface area contributed by atoms with Crippen molar-refractivity contribution in [2.24, 2.45) is 0 Å². The van der Waals surface area contributed by atoms with Crippen LogP contribution in [-0.2, 0) is 4.79 Å². The Balaban J connectivity index is 0.000000421. The molecule has 8 nitrogen and oxygen atoms in total. The van der Waals surface area contributed by atoms with Crippen molar-refractivity contribution in [3.63, 3.8) is 0 Å². The average Bonchev–Trinajstić information content (AvgIpc) is 3.21. The van der Waals surface area contributed by atoms with Gasteiger partial charge in [-0.25, -0.2) is 14.6 Å². The minimum Gasteiger partial charge on any atom is -0.351 e. The molecule has 2 atom stereocenters. The number of carbonyl (C=O) groups is 1. The molecule has 2 saturated heterocycles. The molecule has 1 amide bonds. The van der Waals surface area contributed by atoms with Crippen LogP contribution in [0.5, 0.6) is 0 Å². The van der Waals surface area contributed by atoms with Crippen LogP contribution in [0.25, 0.3) is 11.2 Å². The zero-order valence-electron chi connectivity index (χ0n) is 20.5. The highest BCUT2D eigenvalue weighted by Crippen LogP contribution is 2.31. The summed E-state index contributed by atoms with van der Waals surface area (Å²) in [5, 5.41) is 9.16. The molecule has 5 rings (SSSR count). The summed E-state index contributed by atoms with van der Waals surface area (Å²) < 4.78 is 1.86. The molecule has 0 aliphatic carbocycles. The van der Waals surface area contributed by atoms with Crippen LogP contribution in [0.3, 0.4) is 0 Å². The molecule has 0 radical (unpaired) electrons. The molecule has 0 saturated carbocycles. The van der Waals surface area contributed by atoms with Crippen LogP contribution >= 0.6 is 23.2 Å². The summed E-state index contributed by atoms with van der Waals surface area (Å²) in [5.41, 5.74) is 3.21. The fourth-order valence-electron chi connectivity index (χ4n) is 4.57. The maximum absolute atomic E-state index is 11.1. The van der Waals surface area contributed by atoms with Gasteiger partial charge in [0.15, 0.2) is 5.65 Å². The number of hydrogen-bond acceptors (Lipinski definition) is 6. The molecule has 2 fully saturated rings. The van der Waals surface area contributed by atoms with Gasteiger partial charge in [0.2, 0.25) is 6.41 Å². The number of piperazine rings is 1. The van der Waals surface area contributed by atoms with Crippen LogP contribution in [0.1, 0.15) is 50.4 Å². The van der Waals surface area contributed by atoms with Crippen LogP contribution < -0.4 is 10.2 Å².